The van der Waals surface area contributed by atoms with Gasteiger partial charge in [-0.1, -0.05) is 6.92 Å². The summed E-state index contributed by atoms with van der Waals surface area (Å²) in [6, 6.07) is 0. The lowest BCUT2D eigenvalue weighted by atomic mass is 10.0. The molecule has 0 aromatic rings. The maximum Gasteiger partial charge on any atom is 0.246 e. The zero-order valence-corrected chi connectivity index (χ0v) is 9.92. The van der Waals surface area contributed by atoms with Gasteiger partial charge in [0.25, 0.3) is 0 Å². The van der Waals surface area contributed by atoms with Crippen LogP contribution in [0.15, 0.2) is 16.6 Å². The van der Waals surface area contributed by atoms with Gasteiger partial charge in [0, 0.05) is 19.7 Å². The molecule has 1 amide bonds. The highest BCUT2D eigenvalue weighted by Gasteiger charge is 2.44. The molecule has 0 bridgehead atoms. The minimum Gasteiger partial charge on any atom is -0.343 e. The number of hydrogen-bond donors (Lipinski definition) is 0. The van der Waals surface area contributed by atoms with E-state index in [4.69, 9.17) is 0 Å². The molecule has 0 aromatic heterocycles. The molecule has 0 heterocycles. The maximum atomic E-state index is 11.7. The van der Waals surface area contributed by atoms with Crippen LogP contribution in [0.4, 0.5) is 0 Å². The third-order valence-electron chi connectivity index (χ3n) is 3.15. The molecular formula is C12H20N2O. The van der Waals surface area contributed by atoms with Crippen molar-refractivity contribution < 1.29 is 4.79 Å². The van der Waals surface area contributed by atoms with Crippen molar-refractivity contribution in [2.24, 2.45) is 4.99 Å². The largest absolute Gasteiger partial charge is 0.343 e. The van der Waals surface area contributed by atoms with Gasteiger partial charge in [-0.05, 0) is 38.5 Å². The number of carbonyl (C=O) groups excluding carboxylic acids is 1. The van der Waals surface area contributed by atoms with Crippen LogP contribution in [0.3, 0.4) is 0 Å². The molecule has 0 unspecified atom stereocenters. The number of likely N-dealkylation sites (N-methyl/N-ethyl adjacent to an activating group) is 1. The van der Waals surface area contributed by atoms with E-state index < -0.39 is 0 Å². The first kappa shape index (κ1) is 12.0. The van der Waals surface area contributed by atoms with Crippen LogP contribution in [0.25, 0.3) is 0 Å². The van der Waals surface area contributed by atoms with E-state index in [9.17, 15) is 4.79 Å². The molecule has 0 spiro atoms. The fourth-order valence-corrected chi connectivity index (χ4v) is 1.68. The zero-order valence-electron chi connectivity index (χ0n) is 9.92. The summed E-state index contributed by atoms with van der Waals surface area (Å²) in [6.45, 7) is 8.39. The van der Waals surface area contributed by atoms with E-state index in [0.717, 1.165) is 31.4 Å². The fraction of sp³-hybridized carbons (Fsp3) is 0.667. The number of amides is 1. The first-order chi connectivity index (χ1) is 7.09. The topological polar surface area (TPSA) is 32.7 Å². The van der Waals surface area contributed by atoms with Gasteiger partial charge in [0.15, 0.2) is 0 Å². The Bertz CT molecular complexity index is 290. The normalized spacial score (nSPS) is 18.5. The molecule has 0 saturated heterocycles. The van der Waals surface area contributed by atoms with Gasteiger partial charge in [0.1, 0.15) is 0 Å². The van der Waals surface area contributed by atoms with E-state index in [-0.39, 0.29) is 11.4 Å². The van der Waals surface area contributed by atoms with Gasteiger partial charge in [0.2, 0.25) is 5.91 Å². The number of aliphatic imine (C=N–C) groups is 1. The van der Waals surface area contributed by atoms with Gasteiger partial charge >= 0.3 is 0 Å². The summed E-state index contributed by atoms with van der Waals surface area (Å²) in [5.74, 6) is 0.0734. The molecule has 15 heavy (non-hydrogen) atoms. The smallest absolute Gasteiger partial charge is 0.246 e. The van der Waals surface area contributed by atoms with Crippen molar-refractivity contribution in [3.8, 4) is 0 Å². The van der Waals surface area contributed by atoms with Crippen molar-refractivity contribution in [1.29, 1.82) is 0 Å². The van der Waals surface area contributed by atoms with Crippen LogP contribution in [0.1, 0.15) is 33.1 Å². The fourth-order valence-electron chi connectivity index (χ4n) is 1.68. The molecule has 3 nitrogen and oxygen atoms in total. The minimum atomic E-state index is -0.0982. The Morgan fingerprint density at radius 3 is 2.47 bits per heavy atom. The molecule has 0 atom stereocenters. The number of carbonyl (C=O) groups is 1. The first-order valence-corrected chi connectivity index (χ1v) is 5.53. The Kier molecular flexibility index (Phi) is 3.66. The van der Waals surface area contributed by atoms with Crippen LogP contribution >= 0.6 is 0 Å². The van der Waals surface area contributed by atoms with E-state index in [1.165, 1.54) is 0 Å². The molecule has 1 fully saturated rings. The summed E-state index contributed by atoms with van der Waals surface area (Å²) < 4.78 is 0. The molecule has 0 radical (unpaired) electrons. The minimum absolute atomic E-state index is 0.0734. The molecule has 1 saturated carbocycles. The third-order valence-corrected chi connectivity index (χ3v) is 3.15. The molecule has 1 aliphatic carbocycles. The van der Waals surface area contributed by atoms with Crippen molar-refractivity contribution in [1.82, 2.24) is 4.90 Å². The molecule has 0 N–H and O–H groups in total. The molecule has 1 aliphatic rings. The highest BCUT2D eigenvalue weighted by molar-refractivity contribution is 5.88. The van der Waals surface area contributed by atoms with Crippen LogP contribution in [0.2, 0.25) is 0 Å². The average Bonchev–Trinajstić information content (AvgIpc) is 3.05. The molecule has 84 valence electrons. The summed E-state index contributed by atoms with van der Waals surface area (Å²) >= 11 is 0. The van der Waals surface area contributed by atoms with E-state index >= 15 is 0 Å². The maximum absolute atomic E-state index is 11.7. The standard InChI is InChI=1S/C12H20N2O/c1-5-10(12(13-3)7-8-12)9-11(15)14(4)6-2/h9H,3,5-8H2,1-2,4H3/b10-9+. The van der Waals surface area contributed by atoms with Crippen molar-refractivity contribution in [3.63, 3.8) is 0 Å². The SMILES string of the molecule is C=NC1(/C(=C/C(=O)N(C)CC)CC)CC1. The Morgan fingerprint density at radius 2 is 2.13 bits per heavy atom. The van der Waals surface area contributed by atoms with Crippen molar-refractivity contribution in [2.45, 2.75) is 38.6 Å². The number of nitrogens with zero attached hydrogens (tertiary/aromatic N) is 2. The van der Waals surface area contributed by atoms with E-state index in [1.807, 2.05) is 14.0 Å². The van der Waals surface area contributed by atoms with Crippen LogP contribution in [0.5, 0.6) is 0 Å². The van der Waals surface area contributed by atoms with Gasteiger partial charge in [-0.3, -0.25) is 9.79 Å². The zero-order chi connectivity index (χ0) is 11.5. The second-order valence-electron chi connectivity index (χ2n) is 4.07. The highest BCUT2D eigenvalue weighted by atomic mass is 16.2. The van der Waals surface area contributed by atoms with Crippen molar-refractivity contribution in [3.05, 3.63) is 11.6 Å². The second-order valence-corrected chi connectivity index (χ2v) is 4.07. The summed E-state index contributed by atoms with van der Waals surface area (Å²) in [4.78, 5) is 17.6. The quantitative estimate of drug-likeness (QED) is 0.502. The second kappa shape index (κ2) is 4.60. The van der Waals surface area contributed by atoms with E-state index in [0.29, 0.717) is 0 Å². The van der Waals surface area contributed by atoms with Crippen LogP contribution in [-0.2, 0) is 4.79 Å². The van der Waals surface area contributed by atoms with Gasteiger partial charge in [0.05, 0.1) is 5.54 Å². The average molecular weight is 208 g/mol. The van der Waals surface area contributed by atoms with Gasteiger partial charge in [-0.25, -0.2) is 0 Å². The molecule has 0 aliphatic heterocycles. The van der Waals surface area contributed by atoms with Gasteiger partial charge in [-0.15, -0.1) is 0 Å². The van der Waals surface area contributed by atoms with Crippen LogP contribution in [-0.4, -0.2) is 36.7 Å². The van der Waals surface area contributed by atoms with Gasteiger partial charge in [-0.2, -0.15) is 0 Å². The monoisotopic (exact) mass is 208 g/mol. The Hall–Kier alpha value is -1.12. The lowest BCUT2D eigenvalue weighted by molar-refractivity contribution is -0.124. The van der Waals surface area contributed by atoms with E-state index in [1.54, 1.807) is 11.0 Å². The summed E-state index contributed by atoms with van der Waals surface area (Å²) in [5, 5.41) is 0. The number of hydrogen-bond acceptors (Lipinski definition) is 2. The highest BCUT2D eigenvalue weighted by Crippen LogP contribution is 2.46. The molecular weight excluding hydrogens is 188 g/mol. The van der Waals surface area contributed by atoms with E-state index in [2.05, 4.69) is 18.6 Å². The summed E-state index contributed by atoms with van der Waals surface area (Å²) in [7, 11) is 1.81. The summed E-state index contributed by atoms with van der Waals surface area (Å²) in [5.41, 5.74) is 1.03. The Morgan fingerprint density at radius 1 is 1.53 bits per heavy atom. The van der Waals surface area contributed by atoms with Crippen LogP contribution in [0, 0.1) is 0 Å². The lowest BCUT2D eigenvalue weighted by Crippen LogP contribution is -2.25. The number of rotatable bonds is 5. The van der Waals surface area contributed by atoms with Crippen LogP contribution < -0.4 is 0 Å². The Balaban J connectivity index is 2.78. The predicted octanol–water partition coefficient (Wildman–Crippen LogP) is 2.03. The Labute approximate surface area is 91.9 Å². The first-order valence-electron chi connectivity index (χ1n) is 5.53. The predicted molar refractivity (Wildman–Crippen MR) is 63.2 cm³/mol. The molecule has 3 heteroatoms. The van der Waals surface area contributed by atoms with Crippen molar-refractivity contribution >= 4 is 12.6 Å². The van der Waals surface area contributed by atoms with Gasteiger partial charge < -0.3 is 4.90 Å². The third kappa shape index (κ3) is 2.46. The summed E-state index contributed by atoms with van der Waals surface area (Å²) in [6.07, 6.45) is 4.70. The van der Waals surface area contributed by atoms with Crippen molar-refractivity contribution in [2.75, 3.05) is 13.6 Å². The molecule has 0 aromatic carbocycles. The lowest BCUT2D eigenvalue weighted by Gasteiger charge is -2.16. The molecule has 1 rings (SSSR count).